The van der Waals surface area contributed by atoms with Gasteiger partial charge in [0.1, 0.15) is 11.9 Å². The van der Waals surface area contributed by atoms with Crippen LogP contribution in [0.1, 0.15) is 5.56 Å². The largest absolute Gasteiger partial charge is 0.340 e. The molecule has 0 radical (unpaired) electrons. The fourth-order valence-corrected chi connectivity index (χ4v) is 2.87. The van der Waals surface area contributed by atoms with E-state index in [1.54, 1.807) is 36.8 Å². The number of nitriles is 1. The van der Waals surface area contributed by atoms with Gasteiger partial charge in [-0.2, -0.15) is 10.4 Å². The van der Waals surface area contributed by atoms with Crippen LogP contribution in [0.25, 0.3) is 22.5 Å². The van der Waals surface area contributed by atoms with Gasteiger partial charge >= 0.3 is 0 Å². The van der Waals surface area contributed by atoms with Gasteiger partial charge in [0, 0.05) is 23.6 Å². The van der Waals surface area contributed by atoms with Crippen LogP contribution < -0.4 is 5.32 Å². The van der Waals surface area contributed by atoms with E-state index in [4.69, 9.17) is 16.9 Å². The number of hydrogen-bond donors (Lipinski definition) is 2. The summed E-state index contributed by atoms with van der Waals surface area (Å²) in [6, 6.07) is 16.8. The zero-order chi connectivity index (χ0) is 18.6. The highest BCUT2D eigenvalue weighted by Crippen LogP contribution is 2.30. The molecule has 2 N–H and O–H groups in total. The van der Waals surface area contributed by atoms with Crippen molar-refractivity contribution >= 4 is 23.1 Å². The summed E-state index contributed by atoms with van der Waals surface area (Å²) in [5.41, 5.74) is 4.66. The van der Waals surface area contributed by atoms with Crippen molar-refractivity contribution in [1.82, 2.24) is 20.2 Å². The van der Waals surface area contributed by atoms with Crippen molar-refractivity contribution in [1.29, 1.82) is 5.26 Å². The summed E-state index contributed by atoms with van der Waals surface area (Å²) in [5, 5.41) is 19.9. The first kappa shape index (κ1) is 16.8. The van der Waals surface area contributed by atoms with Gasteiger partial charge in [0.25, 0.3) is 0 Å². The van der Waals surface area contributed by atoms with Crippen LogP contribution in [0.5, 0.6) is 0 Å². The van der Waals surface area contributed by atoms with Gasteiger partial charge in [0.2, 0.25) is 0 Å². The summed E-state index contributed by atoms with van der Waals surface area (Å²) < 4.78 is 0. The predicted octanol–water partition coefficient (Wildman–Crippen LogP) is 4.80. The number of hydrogen-bond acceptors (Lipinski definition) is 5. The molecule has 27 heavy (non-hydrogen) atoms. The Labute approximate surface area is 160 Å². The second-order valence-electron chi connectivity index (χ2n) is 5.73. The van der Waals surface area contributed by atoms with Gasteiger partial charge in [-0.3, -0.25) is 10.1 Å². The first-order chi connectivity index (χ1) is 13.2. The summed E-state index contributed by atoms with van der Waals surface area (Å²) in [7, 11) is 0. The minimum Gasteiger partial charge on any atom is -0.340 e. The molecule has 0 aliphatic carbocycles. The van der Waals surface area contributed by atoms with Crippen LogP contribution in [-0.2, 0) is 0 Å². The number of nitrogens with zero attached hydrogens (tertiary/aromatic N) is 4. The number of benzene rings is 1. The molecule has 3 aromatic heterocycles. The summed E-state index contributed by atoms with van der Waals surface area (Å²) >= 11 is 5.99. The van der Waals surface area contributed by atoms with Gasteiger partial charge < -0.3 is 5.32 Å². The number of nitrogens with one attached hydrogen (secondary N) is 2. The lowest BCUT2D eigenvalue weighted by Gasteiger charge is -2.09. The normalized spacial score (nSPS) is 10.4. The van der Waals surface area contributed by atoms with Crippen molar-refractivity contribution in [2.24, 2.45) is 0 Å². The van der Waals surface area contributed by atoms with Crippen LogP contribution >= 0.6 is 11.6 Å². The van der Waals surface area contributed by atoms with Crippen molar-refractivity contribution in [2.75, 3.05) is 5.32 Å². The molecule has 0 bridgehead atoms. The molecule has 0 unspecified atom stereocenters. The highest BCUT2D eigenvalue weighted by Gasteiger charge is 2.12. The van der Waals surface area contributed by atoms with E-state index in [0.29, 0.717) is 16.4 Å². The Bertz CT molecular complexity index is 1130. The highest BCUT2D eigenvalue weighted by atomic mass is 35.5. The zero-order valence-corrected chi connectivity index (χ0v) is 14.8. The van der Waals surface area contributed by atoms with Gasteiger partial charge in [-0.25, -0.2) is 4.98 Å². The molecule has 4 rings (SSSR count). The fraction of sp³-hybridized carbons (Fsp3) is 0. The molecule has 0 atom stereocenters. The van der Waals surface area contributed by atoms with Crippen LogP contribution in [0, 0.1) is 11.3 Å². The zero-order valence-electron chi connectivity index (χ0n) is 14.0. The Morgan fingerprint density at radius 3 is 2.78 bits per heavy atom. The van der Waals surface area contributed by atoms with E-state index in [2.05, 4.69) is 31.6 Å². The molecule has 0 spiro atoms. The minimum absolute atomic E-state index is 0.407. The SMILES string of the molecule is N#Cc1cc(Nc2cc(-c3cn[nH]c3-c3ccccn3)ccn2)ccc1Cl. The van der Waals surface area contributed by atoms with Crippen molar-refractivity contribution in [3.63, 3.8) is 0 Å². The summed E-state index contributed by atoms with van der Waals surface area (Å²) in [6.07, 6.45) is 5.22. The maximum absolute atomic E-state index is 9.12. The Kier molecular flexibility index (Phi) is 4.52. The molecule has 7 heteroatoms. The number of aromatic nitrogens is 4. The number of H-pyrrole nitrogens is 1. The molecule has 0 saturated carbocycles. The number of rotatable bonds is 4. The minimum atomic E-state index is 0.407. The van der Waals surface area contributed by atoms with Gasteiger partial charge in [0.05, 0.1) is 28.2 Å². The lowest BCUT2D eigenvalue weighted by atomic mass is 10.1. The van der Waals surface area contributed by atoms with Crippen molar-refractivity contribution in [3.8, 4) is 28.6 Å². The second kappa shape index (κ2) is 7.28. The molecule has 1 aromatic carbocycles. The molecule has 0 aliphatic heterocycles. The second-order valence-corrected chi connectivity index (χ2v) is 6.14. The van der Waals surface area contributed by atoms with E-state index >= 15 is 0 Å². The lowest BCUT2D eigenvalue weighted by Crippen LogP contribution is -1.95. The Morgan fingerprint density at radius 2 is 1.96 bits per heavy atom. The predicted molar refractivity (Wildman–Crippen MR) is 104 cm³/mol. The third-order valence-corrected chi connectivity index (χ3v) is 4.32. The topological polar surface area (TPSA) is 90.3 Å². The van der Waals surface area contributed by atoms with E-state index in [9.17, 15) is 0 Å². The third kappa shape index (κ3) is 3.50. The van der Waals surface area contributed by atoms with Crippen LogP contribution in [0.2, 0.25) is 5.02 Å². The summed E-state index contributed by atoms with van der Waals surface area (Å²) in [5.74, 6) is 0.645. The molecule has 0 saturated heterocycles. The van der Waals surface area contributed by atoms with E-state index in [1.165, 1.54) is 0 Å². The average molecular weight is 373 g/mol. The van der Waals surface area contributed by atoms with E-state index < -0.39 is 0 Å². The molecule has 6 nitrogen and oxygen atoms in total. The molecule has 130 valence electrons. The van der Waals surface area contributed by atoms with Gasteiger partial charge in [0.15, 0.2) is 0 Å². The molecular formula is C20H13ClN6. The molecule has 0 fully saturated rings. The molecule has 0 amide bonds. The number of aromatic amines is 1. The number of halogens is 1. The Hall–Kier alpha value is -3.69. The Balaban J connectivity index is 1.67. The monoisotopic (exact) mass is 372 g/mol. The van der Waals surface area contributed by atoms with Crippen LogP contribution in [-0.4, -0.2) is 20.2 Å². The van der Waals surface area contributed by atoms with Crippen LogP contribution in [0.15, 0.2) is 67.1 Å². The van der Waals surface area contributed by atoms with Gasteiger partial charge in [-0.1, -0.05) is 17.7 Å². The maximum Gasteiger partial charge on any atom is 0.130 e. The molecule has 4 aromatic rings. The highest BCUT2D eigenvalue weighted by molar-refractivity contribution is 6.31. The van der Waals surface area contributed by atoms with E-state index in [0.717, 1.165) is 28.2 Å². The molecular weight excluding hydrogens is 360 g/mol. The standard InChI is InChI=1S/C20H13ClN6/c21-17-5-4-15(9-14(17)11-22)26-19-10-13(6-8-24-19)16-12-25-27-20(16)18-3-1-2-7-23-18/h1-10,12H,(H,24,26)(H,25,27). The summed E-state index contributed by atoms with van der Waals surface area (Å²) in [4.78, 5) is 8.73. The van der Waals surface area contributed by atoms with Crippen molar-refractivity contribution < 1.29 is 0 Å². The van der Waals surface area contributed by atoms with Crippen LogP contribution in [0.3, 0.4) is 0 Å². The molecule has 0 aliphatic rings. The third-order valence-electron chi connectivity index (χ3n) is 3.99. The fourth-order valence-electron chi connectivity index (χ4n) is 2.71. The van der Waals surface area contributed by atoms with Crippen molar-refractivity contribution in [2.45, 2.75) is 0 Å². The lowest BCUT2D eigenvalue weighted by molar-refractivity contribution is 1.09. The number of pyridine rings is 2. The number of anilines is 2. The smallest absolute Gasteiger partial charge is 0.130 e. The first-order valence-corrected chi connectivity index (χ1v) is 8.50. The van der Waals surface area contributed by atoms with Gasteiger partial charge in [-0.05, 0) is 48.0 Å². The summed E-state index contributed by atoms with van der Waals surface area (Å²) in [6.45, 7) is 0. The quantitative estimate of drug-likeness (QED) is 0.536. The first-order valence-electron chi connectivity index (χ1n) is 8.12. The van der Waals surface area contributed by atoms with Gasteiger partial charge in [-0.15, -0.1) is 0 Å². The van der Waals surface area contributed by atoms with E-state index in [-0.39, 0.29) is 0 Å². The maximum atomic E-state index is 9.12. The van der Waals surface area contributed by atoms with E-state index in [1.807, 2.05) is 30.3 Å². The van der Waals surface area contributed by atoms with Crippen LogP contribution in [0.4, 0.5) is 11.5 Å². The average Bonchev–Trinajstić information content (AvgIpc) is 3.20. The Morgan fingerprint density at radius 1 is 1.04 bits per heavy atom. The van der Waals surface area contributed by atoms with Crippen molar-refractivity contribution in [3.05, 3.63) is 77.7 Å². The molecule has 3 heterocycles.